The second-order valence-corrected chi connectivity index (χ2v) is 4.01. The van der Waals surface area contributed by atoms with Crippen molar-refractivity contribution in [1.29, 1.82) is 0 Å². The molecule has 0 bridgehead atoms. The number of hydrogen-bond acceptors (Lipinski definition) is 3. The lowest BCUT2D eigenvalue weighted by molar-refractivity contribution is 0.266. The molecular formula is C14H14ClNO2. The summed E-state index contributed by atoms with van der Waals surface area (Å²) in [6.45, 7) is 2.91. The lowest BCUT2D eigenvalue weighted by atomic mass is 10.3. The van der Waals surface area contributed by atoms with E-state index < -0.39 is 0 Å². The minimum absolute atomic E-state index is 0.366. The van der Waals surface area contributed by atoms with Gasteiger partial charge in [-0.1, -0.05) is 29.8 Å². The van der Waals surface area contributed by atoms with Crippen molar-refractivity contribution in [2.45, 2.75) is 13.5 Å². The van der Waals surface area contributed by atoms with E-state index in [0.29, 0.717) is 24.1 Å². The molecule has 2 rings (SSSR count). The highest BCUT2D eigenvalue weighted by molar-refractivity contribution is 6.29. The Morgan fingerprint density at radius 1 is 1.00 bits per heavy atom. The molecule has 0 unspecified atom stereocenters. The summed E-state index contributed by atoms with van der Waals surface area (Å²) in [5, 5.41) is 0.467. The van der Waals surface area contributed by atoms with Crippen LogP contribution in [0.1, 0.15) is 12.6 Å². The Morgan fingerprint density at radius 3 is 2.39 bits per heavy atom. The average molecular weight is 264 g/mol. The predicted molar refractivity (Wildman–Crippen MR) is 71.2 cm³/mol. The van der Waals surface area contributed by atoms with Crippen molar-refractivity contribution >= 4 is 11.6 Å². The van der Waals surface area contributed by atoms with E-state index >= 15 is 0 Å². The predicted octanol–water partition coefficient (Wildman–Crippen LogP) is 3.71. The number of para-hydroxylation sites is 2. The molecule has 3 nitrogen and oxygen atoms in total. The van der Waals surface area contributed by atoms with Gasteiger partial charge in [-0.15, -0.1) is 0 Å². The number of pyridine rings is 1. The molecule has 0 saturated carbocycles. The zero-order chi connectivity index (χ0) is 12.8. The fourth-order valence-electron chi connectivity index (χ4n) is 1.53. The number of aromatic nitrogens is 1. The lowest BCUT2D eigenvalue weighted by Gasteiger charge is -2.11. The molecule has 0 atom stereocenters. The van der Waals surface area contributed by atoms with E-state index in [0.717, 1.165) is 11.4 Å². The first-order valence-electron chi connectivity index (χ1n) is 5.75. The van der Waals surface area contributed by atoms with Crippen LogP contribution in [0.25, 0.3) is 0 Å². The van der Waals surface area contributed by atoms with Crippen molar-refractivity contribution in [3.8, 4) is 11.5 Å². The van der Waals surface area contributed by atoms with Crippen LogP contribution in [0.5, 0.6) is 11.5 Å². The van der Waals surface area contributed by atoms with Crippen molar-refractivity contribution in [3.05, 3.63) is 53.3 Å². The van der Waals surface area contributed by atoms with Gasteiger partial charge in [-0.25, -0.2) is 4.98 Å². The molecular weight excluding hydrogens is 250 g/mol. The molecule has 0 spiro atoms. The van der Waals surface area contributed by atoms with Gasteiger partial charge < -0.3 is 9.47 Å². The van der Waals surface area contributed by atoms with E-state index in [4.69, 9.17) is 21.1 Å². The summed E-state index contributed by atoms with van der Waals surface area (Å²) in [7, 11) is 0. The maximum atomic E-state index is 5.82. The van der Waals surface area contributed by atoms with Crippen molar-refractivity contribution in [2.24, 2.45) is 0 Å². The summed E-state index contributed by atoms with van der Waals surface area (Å²) >= 11 is 5.82. The van der Waals surface area contributed by atoms with E-state index in [9.17, 15) is 0 Å². The van der Waals surface area contributed by atoms with Gasteiger partial charge in [0, 0.05) is 0 Å². The molecule has 1 aromatic carbocycles. The van der Waals surface area contributed by atoms with Gasteiger partial charge in [0.15, 0.2) is 11.5 Å². The van der Waals surface area contributed by atoms with Crippen LogP contribution < -0.4 is 9.47 Å². The highest BCUT2D eigenvalue weighted by Crippen LogP contribution is 2.27. The normalized spacial score (nSPS) is 10.1. The van der Waals surface area contributed by atoms with Crippen molar-refractivity contribution in [1.82, 2.24) is 4.98 Å². The number of halogens is 1. The molecule has 0 aliphatic heterocycles. The van der Waals surface area contributed by atoms with E-state index in [2.05, 4.69) is 4.98 Å². The van der Waals surface area contributed by atoms with Crippen LogP contribution in [-0.4, -0.2) is 11.6 Å². The summed E-state index contributed by atoms with van der Waals surface area (Å²) in [5.41, 5.74) is 0.786. The minimum Gasteiger partial charge on any atom is -0.490 e. The van der Waals surface area contributed by atoms with Gasteiger partial charge in [0.05, 0.1) is 12.3 Å². The summed E-state index contributed by atoms with van der Waals surface area (Å²) in [6, 6.07) is 13.0. The molecule has 2 aromatic rings. The standard InChI is InChI=1S/C14H14ClNO2/c1-2-17-12-7-3-4-8-13(12)18-10-11-6-5-9-14(15)16-11/h3-9H,2,10H2,1H3. The summed E-state index contributed by atoms with van der Waals surface area (Å²) in [5.74, 6) is 1.45. The molecule has 18 heavy (non-hydrogen) atoms. The third-order valence-corrected chi connectivity index (χ3v) is 2.51. The summed E-state index contributed by atoms with van der Waals surface area (Å²) in [4.78, 5) is 4.16. The third-order valence-electron chi connectivity index (χ3n) is 2.30. The average Bonchev–Trinajstić information content (AvgIpc) is 2.38. The quantitative estimate of drug-likeness (QED) is 0.771. The van der Waals surface area contributed by atoms with Crippen LogP contribution in [0.3, 0.4) is 0 Å². The first kappa shape index (κ1) is 12.7. The van der Waals surface area contributed by atoms with Crippen molar-refractivity contribution in [3.63, 3.8) is 0 Å². The maximum Gasteiger partial charge on any atom is 0.161 e. The van der Waals surface area contributed by atoms with Gasteiger partial charge in [0.2, 0.25) is 0 Å². The minimum atomic E-state index is 0.366. The highest BCUT2D eigenvalue weighted by Gasteiger charge is 2.04. The van der Waals surface area contributed by atoms with Gasteiger partial charge in [-0.05, 0) is 31.2 Å². The van der Waals surface area contributed by atoms with Crippen LogP contribution >= 0.6 is 11.6 Å². The molecule has 94 valence electrons. The van der Waals surface area contributed by atoms with Crippen LogP contribution in [0.4, 0.5) is 0 Å². The van der Waals surface area contributed by atoms with Gasteiger partial charge in [-0.3, -0.25) is 0 Å². The topological polar surface area (TPSA) is 31.4 Å². The molecule has 0 amide bonds. The second-order valence-electron chi connectivity index (χ2n) is 3.62. The Bertz CT molecular complexity index is 517. The molecule has 0 fully saturated rings. The smallest absolute Gasteiger partial charge is 0.161 e. The Balaban J connectivity index is 2.06. The summed E-state index contributed by atoms with van der Waals surface area (Å²) in [6.07, 6.45) is 0. The van der Waals surface area contributed by atoms with Gasteiger partial charge in [-0.2, -0.15) is 0 Å². The van der Waals surface area contributed by atoms with Crippen molar-refractivity contribution < 1.29 is 9.47 Å². The van der Waals surface area contributed by atoms with Crippen LogP contribution in [-0.2, 0) is 6.61 Å². The van der Waals surface area contributed by atoms with Gasteiger partial charge >= 0.3 is 0 Å². The van der Waals surface area contributed by atoms with E-state index in [1.54, 1.807) is 6.07 Å². The summed E-state index contributed by atoms with van der Waals surface area (Å²) < 4.78 is 11.2. The van der Waals surface area contributed by atoms with Crippen LogP contribution in [0.15, 0.2) is 42.5 Å². The van der Waals surface area contributed by atoms with Crippen molar-refractivity contribution in [2.75, 3.05) is 6.61 Å². The molecule has 1 aromatic heterocycles. The van der Waals surface area contributed by atoms with Gasteiger partial charge in [0.25, 0.3) is 0 Å². The maximum absolute atomic E-state index is 5.82. The van der Waals surface area contributed by atoms with E-state index in [1.807, 2.05) is 43.3 Å². The fraction of sp³-hybridized carbons (Fsp3) is 0.214. The number of benzene rings is 1. The molecule has 0 N–H and O–H groups in total. The number of rotatable bonds is 5. The van der Waals surface area contributed by atoms with Crippen LogP contribution in [0, 0.1) is 0 Å². The Morgan fingerprint density at radius 2 is 1.72 bits per heavy atom. The van der Waals surface area contributed by atoms with E-state index in [-0.39, 0.29) is 0 Å². The van der Waals surface area contributed by atoms with Gasteiger partial charge in [0.1, 0.15) is 11.8 Å². The second kappa shape index (κ2) is 6.26. The molecule has 0 saturated heterocycles. The first-order valence-corrected chi connectivity index (χ1v) is 6.13. The highest BCUT2D eigenvalue weighted by atomic mass is 35.5. The third kappa shape index (κ3) is 3.37. The first-order chi connectivity index (χ1) is 8.79. The zero-order valence-corrected chi connectivity index (χ0v) is 10.9. The molecule has 0 aliphatic carbocycles. The van der Waals surface area contributed by atoms with Crippen LogP contribution in [0.2, 0.25) is 5.15 Å². The fourth-order valence-corrected chi connectivity index (χ4v) is 1.71. The zero-order valence-electron chi connectivity index (χ0n) is 10.1. The van der Waals surface area contributed by atoms with E-state index in [1.165, 1.54) is 0 Å². The Labute approximate surface area is 111 Å². The monoisotopic (exact) mass is 263 g/mol. The molecule has 1 heterocycles. The number of nitrogens with zero attached hydrogens (tertiary/aromatic N) is 1. The number of hydrogen-bond donors (Lipinski definition) is 0. The largest absolute Gasteiger partial charge is 0.490 e. The lowest BCUT2D eigenvalue weighted by Crippen LogP contribution is -2.00. The molecule has 0 radical (unpaired) electrons. The Hall–Kier alpha value is -1.74. The SMILES string of the molecule is CCOc1ccccc1OCc1cccc(Cl)n1. The Kier molecular flexibility index (Phi) is 4.42. The molecule has 0 aliphatic rings. The molecule has 4 heteroatoms. The number of ether oxygens (including phenoxy) is 2.